The first-order valence-corrected chi connectivity index (χ1v) is 10.1. The highest BCUT2D eigenvalue weighted by Crippen LogP contribution is 2.49. The van der Waals surface area contributed by atoms with Gasteiger partial charge in [0.05, 0.1) is 11.6 Å². The van der Waals surface area contributed by atoms with Gasteiger partial charge in [0.1, 0.15) is 5.82 Å². The van der Waals surface area contributed by atoms with E-state index in [1.54, 1.807) is 0 Å². The minimum Gasteiger partial charge on any atom is -0.333 e. The van der Waals surface area contributed by atoms with E-state index in [2.05, 4.69) is 58.6 Å². The first-order chi connectivity index (χ1) is 12.3. The first kappa shape index (κ1) is 18.0. The van der Waals surface area contributed by atoms with Crippen molar-refractivity contribution in [3.05, 3.63) is 18.2 Å². The van der Waals surface area contributed by atoms with Crippen molar-refractivity contribution in [1.29, 1.82) is 0 Å². The van der Waals surface area contributed by atoms with Gasteiger partial charge in [-0.05, 0) is 32.6 Å². The van der Waals surface area contributed by atoms with Crippen LogP contribution in [0.4, 0.5) is 0 Å². The summed E-state index contributed by atoms with van der Waals surface area (Å²) < 4.78 is 2.29. The lowest BCUT2D eigenvalue weighted by molar-refractivity contribution is -0.165. The van der Waals surface area contributed by atoms with Crippen molar-refractivity contribution in [2.24, 2.45) is 11.3 Å². The van der Waals surface area contributed by atoms with Crippen molar-refractivity contribution in [3.8, 4) is 0 Å². The minimum atomic E-state index is -0.467. The van der Waals surface area contributed by atoms with Gasteiger partial charge in [0, 0.05) is 57.1 Å². The fourth-order valence-electron chi connectivity index (χ4n) is 4.62. The maximum absolute atomic E-state index is 13.5. The van der Waals surface area contributed by atoms with Crippen LogP contribution in [0.3, 0.4) is 0 Å². The third-order valence-corrected chi connectivity index (χ3v) is 6.47. The summed E-state index contributed by atoms with van der Waals surface area (Å²) in [7, 11) is 0. The zero-order valence-electron chi connectivity index (χ0n) is 16.7. The summed E-state index contributed by atoms with van der Waals surface area (Å²) in [6.45, 7) is 14.3. The molecule has 0 spiro atoms. The molecule has 1 unspecified atom stereocenters. The highest BCUT2D eigenvalue weighted by atomic mass is 16.2. The number of nitrogens with zero attached hydrogens (tertiary/aromatic N) is 4. The number of rotatable bonds is 5. The normalized spacial score (nSPS) is 26.6. The fourth-order valence-corrected chi connectivity index (χ4v) is 4.62. The Morgan fingerprint density at radius 1 is 1.31 bits per heavy atom. The second-order valence-electron chi connectivity index (χ2n) is 9.50. The van der Waals surface area contributed by atoms with Crippen molar-refractivity contribution in [3.63, 3.8) is 0 Å². The van der Waals surface area contributed by atoms with E-state index in [0.717, 1.165) is 51.0 Å². The zero-order valence-corrected chi connectivity index (χ0v) is 16.7. The highest BCUT2D eigenvalue weighted by Gasteiger charge is 2.54. The lowest BCUT2D eigenvalue weighted by atomic mass is 9.73. The van der Waals surface area contributed by atoms with E-state index in [0.29, 0.717) is 0 Å². The Morgan fingerprint density at radius 3 is 2.62 bits per heavy atom. The molecule has 1 saturated carbocycles. The van der Waals surface area contributed by atoms with Gasteiger partial charge in [-0.2, -0.15) is 0 Å². The van der Waals surface area contributed by atoms with E-state index in [1.165, 1.54) is 12.8 Å². The Labute approximate surface area is 156 Å². The Hall–Kier alpha value is -1.40. The van der Waals surface area contributed by atoms with Gasteiger partial charge >= 0.3 is 0 Å². The Kier molecular flexibility index (Phi) is 4.39. The number of hydrogen-bond donors (Lipinski definition) is 1. The van der Waals surface area contributed by atoms with Crippen molar-refractivity contribution in [2.75, 3.05) is 32.7 Å². The summed E-state index contributed by atoms with van der Waals surface area (Å²) in [4.78, 5) is 22.6. The number of nitrogens with one attached hydrogen (secondary N) is 1. The lowest BCUT2D eigenvalue weighted by Crippen LogP contribution is -2.67. The van der Waals surface area contributed by atoms with Crippen molar-refractivity contribution in [2.45, 2.75) is 58.7 Å². The van der Waals surface area contributed by atoms with Crippen LogP contribution in [0.25, 0.3) is 0 Å². The molecule has 2 aliphatic heterocycles. The number of hydrogen-bond acceptors (Lipinski definition) is 4. The molecule has 1 atom stereocenters. The monoisotopic (exact) mass is 359 g/mol. The molecule has 3 heterocycles. The average molecular weight is 360 g/mol. The third-order valence-electron chi connectivity index (χ3n) is 6.47. The van der Waals surface area contributed by atoms with E-state index in [4.69, 9.17) is 0 Å². The van der Waals surface area contributed by atoms with E-state index in [1.807, 2.05) is 6.20 Å². The van der Waals surface area contributed by atoms with E-state index in [-0.39, 0.29) is 17.4 Å². The highest BCUT2D eigenvalue weighted by molar-refractivity contribution is 5.87. The molecule has 3 fully saturated rings. The second kappa shape index (κ2) is 6.34. The fraction of sp³-hybridized carbons (Fsp3) is 0.800. The van der Waals surface area contributed by atoms with E-state index in [9.17, 15) is 4.79 Å². The number of amides is 1. The molecule has 4 rings (SSSR count). The van der Waals surface area contributed by atoms with Crippen LogP contribution in [0.15, 0.2) is 12.4 Å². The minimum absolute atomic E-state index is 0.0713. The molecule has 144 valence electrons. The molecular weight excluding hydrogens is 326 g/mol. The van der Waals surface area contributed by atoms with Crippen LogP contribution in [0.1, 0.15) is 52.4 Å². The predicted molar refractivity (Wildman–Crippen MR) is 102 cm³/mol. The number of aromatic nitrogens is 2. The van der Waals surface area contributed by atoms with Gasteiger partial charge in [-0.1, -0.05) is 13.8 Å². The summed E-state index contributed by atoms with van der Waals surface area (Å²) in [6.07, 6.45) is 6.64. The molecule has 6 heteroatoms. The van der Waals surface area contributed by atoms with Gasteiger partial charge in [0.15, 0.2) is 0 Å². The SMILES string of the molecule is CC1(C)CN(C(=O)C(C)(C)N2CCNCC2)C1c1nccn1CC1CC1. The van der Waals surface area contributed by atoms with Crippen LogP contribution in [-0.2, 0) is 11.3 Å². The van der Waals surface area contributed by atoms with E-state index < -0.39 is 5.54 Å². The molecule has 1 amide bonds. The van der Waals surface area contributed by atoms with Gasteiger partial charge in [-0.3, -0.25) is 9.69 Å². The third kappa shape index (κ3) is 3.07. The summed E-state index contributed by atoms with van der Waals surface area (Å²) in [5.41, 5.74) is -0.396. The van der Waals surface area contributed by atoms with Gasteiger partial charge in [0.25, 0.3) is 0 Å². The molecule has 26 heavy (non-hydrogen) atoms. The lowest BCUT2D eigenvalue weighted by Gasteiger charge is -2.56. The summed E-state index contributed by atoms with van der Waals surface area (Å²) in [6, 6.07) is 0.0749. The van der Waals surface area contributed by atoms with Crippen LogP contribution in [-0.4, -0.2) is 63.5 Å². The average Bonchev–Trinajstić information content (AvgIpc) is 3.32. The van der Waals surface area contributed by atoms with Gasteiger partial charge in [-0.15, -0.1) is 0 Å². The molecule has 6 nitrogen and oxygen atoms in total. The standard InChI is InChI=1S/C20H33N5O/c1-19(2)14-25(18(26)20(3,4)24-11-7-21-8-12-24)16(19)17-22-9-10-23(17)13-15-5-6-15/h9-10,15-16,21H,5-8,11-14H2,1-4H3. The zero-order chi connectivity index (χ0) is 18.5. The molecule has 2 saturated heterocycles. The Balaban J connectivity index is 1.56. The number of carbonyl (C=O) groups is 1. The smallest absolute Gasteiger partial charge is 0.243 e. The molecule has 1 aromatic rings. The summed E-state index contributed by atoms with van der Waals surface area (Å²) in [5.74, 6) is 2.11. The van der Waals surface area contributed by atoms with Crippen molar-refractivity contribution < 1.29 is 4.79 Å². The topological polar surface area (TPSA) is 53.4 Å². The van der Waals surface area contributed by atoms with Crippen LogP contribution < -0.4 is 5.32 Å². The molecule has 1 aliphatic carbocycles. The quantitative estimate of drug-likeness (QED) is 0.872. The molecule has 3 aliphatic rings. The maximum Gasteiger partial charge on any atom is 0.243 e. The second-order valence-corrected chi connectivity index (χ2v) is 9.50. The van der Waals surface area contributed by atoms with Crippen molar-refractivity contribution in [1.82, 2.24) is 24.7 Å². The predicted octanol–water partition coefficient (Wildman–Crippen LogP) is 1.89. The maximum atomic E-state index is 13.5. The van der Waals surface area contributed by atoms with Crippen LogP contribution in [0, 0.1) is 11.3 Å². The first-order valence-electron chi connectivity index (χ1n) is 10.1. The van der Waals surface area contributed by atoms with Crippen LogP contribution in [0.5, 0.6) is 0 Å². The van der Waals surface area contributed by atoms with Crippen molar-refractivity contribution >= 4 is 5.91 Å². The number of imidazole rings is 1. The Morgan fingerprint density at radius 2 is 2.00 bits per heavy atom. The largest absolute Gasteiger partial charge is 0.333 e. The summed E-state index contributed by atoms with van der Waals surface area (Å²) in [5, 5.41) is 3.38. The molecule has 1 N–H and O–H groups in total. The van der Waals surface area contributed by atoms with Crippen LogP contribution >= 0.6 is 0 Å². The van der Waals surface area contributed by atoms with Crippen LogP contribution in [0.2, 0.25) is 0 Å². The van der Waals surface area contributed by atoms with Gasteiger partial charge in [-0.25, -0.2) is 4.98 Å². The molecular formula is C20H33N5O. The molecule has 1 aromatic heterocycles. The van der Waals surface area contributed by atoms with E-state index >= 15 is 0 Å². The van der Waals surface area contributed by atoms with Gasteiger partial charge in [0.2, 0.25) is 5.91 Å². The molecule has 0 bridgehead atoms. The number of likely N-dealkylation sites (tertiary alicyclic amines) is 1. The molecule has 0 aromatic carbocycles. The van der Waals surface area contributed by atoms with Gasteiger partial charge < -0.3 is 14.8 Å². The number of piperazine rings is 1. The Bertz CT molecular complexity index is 669. The number of carbonyl (C=O) groups excluding carboxylic acids is 1. The summed E-state index contributed by atoms with van der Waals surface area (Å²) >= 11 is 0. The molecule has 0 radical (unpaired) electrons.